The molecule has 150 valence electrons. The largest absolute Gasteiger partial charge is 0.454 e. The molecule has 6 nitrogen and oxygen atoms in total. The zero-order chi connectivity index (χ0) is 20.5. The molecule has 0 saturated heterocycles. The third kappa shape index (κ3) is 3.93. The SMILES string of the molecule is Cc1ccc(Cn2nc(C)c(C(=O)N(C)Cc3ccc4c(c3)OCO4)c2Cl)cc1. The Balaban J connectivity index is 1.52. The molecule has 0 bridgehead atoms. The number of carbonyl (C=O) groups is 1. The van der Waals surface area contributed by atoms with E-state index in [4.69, 9.17) is 21.1 Å². The van der Waals surface area contributed by atoms with E-state index in [1.54, 1.807) is 23.6 Å². The highest BCUT2D eigenvalue weighted by molar-refractivity contribution is 6.33. The van der Waals surface area contributed by atoms with Gasteiger partial charge < -0.3 is 14.4 Å². The number of amides is 1. The molecule has 0 N–H and O–H groups in total. The average Bonchev–Trinajstić information content (AvgIpc) is 3.27. The van der Waals surface area contributed by atoms with Crippen LogP contribution in [-0.4, -0.2) is 34.4 Å². The van der Waals surface area contributed by atoms with E-state index in [-0.39, 0.29) is 12.7 Å². The van der Waals surface area contributed by atoms with E-state index in [2.05, 4.69) is 5.10 Å². The molecule has 1 aliphatic rings. The molecule has 4 rings (SSSR count). The second-order valence-electron chi connectivity index (χ2n) is 7.24. The number of hydrogen-bond acceptors (Lipinski definition) is 4. The van der Waals surface area contributed by atoms with Gasteiger partial charge in [-0.1, -0.05) is 47.5 Å². The second kappa shape index (κ2) is 7.79. The number of halogens is 1. The summed E-state index contributed by atoms with van der Waals surface area (Å²) in [6, 6.07) is 13.8. The van der Waals surface area contributed by atoms with Crippen molar-refractivity contribution in [3.05, 3.63) is 75.6 Å². The van der Waals surface area contributed by atoms with Crippen molar-refractivity contribution in [1.82, 2.24) is 14.7 Å². The van der Waals surface area contributed by atoms with Gasteiger partial charge >= 0.3 is 0 Å². The zero-order valence-electron chi connectivity index (χ0n) is 16.6. The predicted octanol–water partition coefficient (Wildman–Crippen LogP) is 4.20. The number of aryl methyl sites for hydroxylation is 2. The average molecular weight is 412 g/mol. The Morgan fingerprint density at radius 2 is 1.79 bits per heavy atom. The maximum atomic E-state index is 13.1. The van der Waals surface area contributed by atoms with Crippen molar-refractivity contribution in [3.8, 4) is 11.5 Å². The summed E-state index contributed by atoms with van der Waals surface area (Å²) in [5.74, 6) is 1.25. The topological polar surface area (TPSA) is 56.6 Å². The van der Waals surface area contributed by atoms with Crippen LogP contribution in [0.3, 0.4) is 0 Å². The summed E-state index contributed by atoms with van der Waals surface area (Å²) in [7, 11) is 1.75. The number of fused-ring (bicyclic) bond motifs is 1. The quantitative estimate of drug-likeness (QED) is 0.631. The zero-order valence-corrected chi connectivity index (χ0v) is 17.4. The fraction of sp³-hybridized carbons (Fsp3) is 0.273. The maximum absolute atomic E-state index is 13.1. The first kappa shape index (κ1) is 19.3. The highest BCUT2D eigenvalue weighted by Crippen LogP contribution is 2.33. The third-order valence-electron chi connectivity index (χ3n) is 4.94. The summed E-state index contributed by atoms with van der Waals surface area (Å²) in [6.07, 6.45) is 0. The van der Waals surface area contributed by atoms with E-state index in [1.165, 1.54) is 5.56 Å². The molecule has 0 unspecified atom stereocenters. The van der Waals surface area contributed by atoms with Gasteiger partial charge in [-0.05, 0) is 37.1 Å². The molecule has 7 heteroatoms. The lowest BCUT2D eigenvalue weighted by Crippen LogP contribution is -2.26. The van der Waals surface area contributed by atoms with E-state index in [9.17, 15) is 4.79 Å². The second-order valence-corrected chi connectivity index (χ2v) is 7.60. The molecule has 0 aliphatic carbocycles. The Labute approximate surface area is 174 Å². The van der Waals surface area contributed by atoms with E-state index in [1.807, 2.05) is 49.4 Å². The normalized spacial score (nSPS) is 12.3. The first-order chi connectivity index (χ1) is 13.9. The predicted molar refractivity (Wildman–Crippen MR) is 111 cm³/mol. The molecule has 0 spiro atoms. The molecule has 0 radical (unpaired) electrons. The van der Waals surface area contributed by atoms with Crippen molar-refractivity contribution in [1.29, 1.82) is 0 Å². The van der Waals surface area contributed by atoms with Gasteiger partial charge in [0.2, 0.25) is 6.79 Å². The molecule has 0 saturated carbocycles. The van der Waals surface area contributed by atoms with Crippen LogP contribution in [0.2, 0.25) is 5.15 Å². The Kier molecular flexibility index (Phi) is 5.20. The van der Waals surface area contributed by atoms with Crippen molar-refractivity contribution < 1.29 is 14.3 Å². The summed E-state index contributed by atoms with van der Waals surface area (Å²) in [5, 5.41) is 4.84. The lowest BCUT2D eigenvalue weighted by Gasteiger charge is -2.17. The van der Waals surface area contributed by atoms with Gasteiger partial charge in [-0.15, -0.1) is 0 Å². The molecule has 1 aliphatic heterocycles. The standard InChI is InChI=1S/C22H22ClN3O3/c1-14-4-6-16(7-5-14)12-26-21(23)20(15(2)24-26)22(27)25(3)11-17-8-9-18-19(10-17)29-13-28-18/h4-10H,11-13H2,1-3H3. The molecule has 0 atom stereocenters. The van der Waals surface area contributed by atoms with Gasteiger partial charge in [0.15, 0.2) is 11.5 Å². The van der Waals surface area contributed by atoms with E-state index < -0.39 is 0 Å². The molecule has 29 heavy (non-hydrogen) atoms. The Hall–Kier alpha value is -2.99. The molecule has 2 heterocycles. The van der Waals surface area contributed by atoms with Gasteiger partial charge in [0.25, 0.3) is 5.91 Å². The third-order valence-corrected chi connectivity index (χ3v) is 5.32. The minimum Gasteiger partial charge on any atom is -0.454 e. The van der Waals surface area contributed by atoms with Crippen LogP contribution in [0.15, 0.2) is 42.5 Å². The molecule has 1 amide bonds. The van der Waals surface area contributed by atoms with Gasteiger partial charge in [-0.3, -0.25) is 4.79 Å². The fourth-order valence-electron chi connectivity index (χ4n) is 3.34. The highest BCUT2D eigenvalue weighted by atomic mass is 35.5. The molecular formula is C22H22ClN3O3. The minimum atomic E-state index is -0.166. The van der Waals surface area contributed by atoms with Crippen molar-refractivity contribution >= 4 is 17.5 Å². The number of carbonyl (C=O) groups excluding carboxylic acids is 1. The molecular weight excluding hydrogens is 390 g/mol. The number of hydrogen-bond donors (Lipinski definition) is 0. The van der Waals surface area contributed by atoms with Gasteiger partial charge in [0.1, 0.15) is 5.15 Å². The van der Waals surface area contributed by atoms with Crippen molar-refractivity contribution in [2.75, 3.05) is 13.8 Å². The van der Waals surface area contributed by atoms with E-state index in [0.717, 1.165) is 16.9 Å². The van der Waals surface area contributed by atoms with Crippen LogP contribution in [-0.2, 0) is 13.1 Å². The number of benzene rings is 2. The first-order valence-corrected chi connectivity index (χ1v) is 9.72. The number of rotatable bonds is 5. The highest BCUT2D eigenvalue weighted by Gasteiger charge is 2.24. The molecule has 1 aromatic heterocycles. The van der Waals surface area contributed by atoms with Gasteiger partial charge in [-0.25, -0.2) is 4.68 Å². The number of nitrogens with zero attached hydrogens (tertiary/aromatic N) is 3. The van der Waals surface area contributed by atoms with Gasteiger partial charge in [0, 0.05) is 13.6 Å². The summed E-state index contributed by atoms with van der Waals surface area (Å²) in [6.45, 7) is 5.01. The van der Waals surface area contributed by atoms with Crippen molar-refractivity contribution in [3.63, 3.8) is 0 Å². The van der Waals surface area contributed by atoms with Crippen LogP contribution in [0.5, 0.6) is 11.5 Å². The van der Waals surface area contributed by atoms with E-state index in [0.29, 0.717) is 35.2 Å². The number of ether oxygens (including phenoxy) is 2. The summed E-state index contributed by atoms with van der Waals surface area (Å²) in [4.78, 5) is 14.7. The Morgan fingerprint density at radius 1 is 1.10 bits per heavy atom. The van der Waals surface area contributed by atoms with Crippen LogP contribution >= 0.6 is 11.6 Å². The van der Waals surface area contributed by atoms with Crippen LogP contribution < -0.4 is 9.47 Å². The summed E-state index contributed by atoms with van der Waals surface area (Å²) < 4.78 is 12.4. The van der Waals surface area contributed by atoms with Crippen molar-refractivity contribution in [2.45, 2.75) is 26.9 Å². The molecule has 0 fully saturated rings. The Morgan fingerprint density at radius 3 is 2.55 bits per heavy atom. The van der Waals surface area contributed by atoms with E-state index >= 15 is 0 Å². The molecule has 3 aromatic rings. The smallest absolute Gasteiger partial charge is 0.258 e. The Bertz CT molecular complexity index is 1060. The molecule has 2 aromatic carbocycles. The van der Waals surface area contributed by atoms with Crippen LogP contribution in [0.1, 0.15) is 32.7 Å². The fourth-order valence-corrected chi connectivity index (χ4v) is 3.66. The van der Waals surface area contributed by atoms with Crippen LogP contribution in [0.4, 0.5) is 0 Å². The lowest BCUT2D eigenvalue weighted by molar-refractivity contribution is 0.0784. The van der Waals surface area contributed by atoms with Crippen LogP contribution in [0, 0.1) is 13.8 Å². The van der Waals surface area contributed by atoms with Crippen LogP contribution in [0.25, 0.3) is 0 Å². The summed E-state index contributed by atoms with van der Waals surface area (Å²) >= 11 is 6.55. The maximum Gasteiger partial charge on any atom is 0.258 e. The van der Waals surface area contributed by atoms with Gasteiger partial charge in [0.05, 0.1) is 17.8 Å². The van der Waals surface area contributed by atoms with Crippen molar-refractivity contribution in [2.24, 2.45) is 0 Å². The lowest BCUT2D eigenvalue weighted by atomic mass is 10.1. The van der Waals surface area contributed by atoms with Gasteiger partial charge in [-0.2, -0.15) is 5.10 Å². The minimum absolute atomic E-state index is 0.166. The first-order valence-electron chi connectivity index (χ1n) is 9.35. The number of aromatic nitrogens is 2. The summed E-state index contributed by atoms with van der Waals surface area (Å²) in [5.41, 5.74) is 4.27. The monoisotopic (exact) mass is 411 g/mol.